The highest BCUT2D eigenvalue weighted by atomic mass is 32.1. The molecule has 1 N–H and O–H groups in total. The first-order valence-electron chi connectivity index (χ1n) is 7.90. The Morgan fingerprint density at radius 2 is 2.08 bits per heavy atom. The van der Waals surface area contributed by atoms with Gasteiger partial charge in [-0.2, -0.15) is 5.10 Å². The molecular weight excluding hydrogens is 348 g/mol. The van der Waals surface area contributed by atoms with E-state index < -0.39 is 0 Å². The van der Waals surface area contributed by atoms with Gasteiger partial charge < -0.3 is 5.32 Å². The first-order chi connectivity index (χ1) is 12.8. The number of carbonyl (C=O) groups excluding carboxylic acids is 1. The Morgan fingerprint density at radius 3 is 2.81 bits per heavy atom. The monoisotopic (exact) mass is 362 g/mol. The van der Waals surface area contributed by atoms with Crippen molar-refractivity contribution >= 4 is 22.9 Å². The molecule has 0 fully saturated rings. The van der Waals surface area contributed by atoms with Crippen LogP contribution in [-0.4, -0.2) is 30.6 Å². The van der Waals surface area contributed by atoms with Gasteiger partial charge in [0.15, 0.2) is 5.82 Å². The predicted octanol–water partition coefficient (Wildman–Crippen LogP) is 2.97. The molecule has 8 heteroatoms. The summed E-state index contributed by atoms with van der Waals surface area (Å²) >= 11 is 1.48. The lowest BCUT2D eigenvalue weighted by Crippen LogP contribution is -2.15. The SMILES string of the molecule is O=C(Cc1csc(-c2ccccn2)n1)Nc1ccc(-n2cccn2)nc1. The van der Waals surface area contributed by atoms with Crippen LogP contribution in [0.15, 0.2) is 66.6 Å². The number of rotatable bonds is 5. The summed E-state index contributed by atoms with van der Waals surface area (Å²) in [4.78, 5) is 25.3. The Kier molecular flexibility index (Phi) is 4.48. The summed E-state index contributed by atoms with van der Waals surface area (Å²) in [6.45, 7) is 0. The van der Waals surface area contributed by atoms with Crippen LogP contribution in [0.5, 0.6) is 0 Å². The molecule has 4 aromatic rings. The fourth-order valence-corrected chi connectivity index (χ4v) is 3.16. The minimum Gasteiger partial charge on any atom is -0.324 e. The molecule has 4 aromatic heterocycles. The minimum atomic E-state index is -0.142. The van der Waals surface area contributed by atoms with Gasteiger partial charge in [0.25, 0.3) is 0 Å². The summed E-state index contributed by atoms with van der Waals surface area (Å²) in [6.07, 6.45) is 7.02. The summed E-state index contributed by atoms with van der Waals surface area (Å²) in [6, 6.07) is 11.1. The van der Waals surface area contributed by atoms with Crippen LogP contribution >= 0.6 is 11.3 Å². The molecule has 26 heavy (non-hydrogen) atoms. The number of hydrogen-bond donors (Lipinski definition) is 1. The second-order valence-corrected chi connectivity index (χ2v) is 6.30. The Morgan fingerprint density at radius 1 is 1.12 bits per heavy atom. The van der Waals surface area contributed by atoms with Crippen molar-refractivity contribution in [3.63, 3.8) is 0 Å². The third kappa shape index (κ3) is 3.65. The molecule has 0 bridgehead atoms. The maximum absolute atomic E-state index is 12.2. The first-order valence-corrected chi connectivity index (χ1v) is 8.77. The predicted molar refractivity (Wildman–Crippen MR) is 99.0 cm³/mol. The van der Waals surface area contributed by atoms with E-state index >= 15 is 0 Å². The lowest BCUT2D eigenvalue weighted by atomic mass is 10.3. The van der Waals surface area contributed by atoms with E-state index in [9.17, 15) is 4.79 Å². The molecule has 0 unspecified atom stereocenters. The summed E-state index contributed by atoms with van der Waals surface area (Å²) in [7, 11) is 0. The van der Waals surface area contributed by atoms with Crippen LogP contribution in [0.1, 0.15) is 5.69 Å². The Hall–Kier alpha value is -3.39. The van der Waals surface area contributed by atoms with E-state index in [1.54, 1.807) is 35.4 Å². The zero-order valence-corrected chi connectivity index (χ0v) is 14.4. The number of nitrogens with one attached hydrogen (secondary N) is 1. The molecule has 4 heterocycles. The summed E-state index contributed by atoms with van der Waals surface area (Å²) < 4.78 is 1.65. The van der Waals surface area contributed by atoms with Gasteiger partial charge >= 0.3 is 0 Å². The number of thiazole rings is 1. The van der Waals surface area contributed by atoms with Gasteiger partial charge in [-0.15, -0.1) is 11.3 Å². The molecule has 128 valence electrons. The van der Waals surface area contributed by atoms with Crippen molar-refractivity contribution in [3.8, 4) is 16.5 Å². The molecule has 0 spiro atoms. The third-order valence-corrected chi connectivity index (χ3v) is 4.46. The Balaban J connectivity index is 1.39. The van der Waals surface area contributed by atoms with Crippen LogP contribution in [0.25, 0.3) is 16.5 Å². The molecule has 4 rings (SSSR count). The van der Waals surface area contributed by atoms with Crippen LogP contribution in [0.3, 0.4) is 0 Å². The number of aromatic nitrogens is 5. The van der Waals surface area contributed by atoms with Gasteiger partial charge in [0.05, 0.1) is 29.7 Å². The summed E-state index contributed by atoms with van der Waals surface area (Å²) in [5.74, 6) is 0.545. The standard InChI is InChI=1S/C18H14N6OS/c25-17(10-14-12-26-18(23-14)15-4-1-2-7-19-15)22-13-5-6-16(20-11-13)24-9-3-8-21-24/h1-9,11-12H,10H2,(H,22,25). The topological polar surface area (TPSA) is 85.6 Å². The van der Waals surface area contributed by atoms with Gasteiger partial charge in [-0.3, -0.25) is 9.78 Å². The fourth-order valence-electron chi connectivity index (χ4n) is 2.36. The molecule has 0 aliphatic rings. The van der Waals surface area contributed by atoms with Crippen LogP contribution in [-0.2, 0) is 11.2 Å². The third-order valence-electron chi connectivity index (χ3n) is 3.55. The molecule has 0 saturated carbocycles. The van der Waals surface area contributed by atoms with Crippen molar-refractivity contribution in [2.45, 2.75) is 6.42 Å². The lowest BCUT2D eigenvalue weighted by Gasteiger charge is -2.05. The van der Waals surface area contributed by atoms with E-state index in [-0.39, 0.29) is 12.3 Å². The number of nitrogens with zero attached hydrogens (tertiary/aromatic N) is 5. The fraction of sp³-hybridized carbons (Fsp3) is 0.0556. The number of carbonyl (C=O) groups is 1. The van der Waals surface area contributed by atoms with E-state index in [0.717, 1.165) is 10.7 Å². The maximum atomic E-state index is 12.2. The molecule has 0 aromatic carbocycles. The van der Waals surface area contributed by atoms with Crippen molar-refractivity contribution in [1.29, 1.82) is 0 Å². The van der Waals surface area contributed by atoms with Crippen LogP contribution in [0.4, 0.5) is 5.69 Å². The molecule has 7 nitrogen and oxygen atoms in total. The zero-order chi connectivity index (χ0) is 17.8. The molecule has 0 aliphatic carbocycles. The van der Waals surface area contributed by atoms with Crippen molar-refractivity contribution in [1.82, 2.24) is 24.7 Å². The van der Waals surface area contributed by atoms with Gasteiger partial charge in [0.2, 0.25) is 5.91 Å². The van der Waals surface area contributed by atoms with E-state index in [4.69, 9.17) is 0 Å². The number of anilines is 1. The molecule has 0 atom stereocenters. The van der Waals surface area contributed by atoms with Gasteiger partial charge in [-0.1, -0.05) is 6.07 Å². The largest absolute Gasteiger partial charge is 0.324 e. The molecule has 0 radical (unpaired) electrons. The summed E-state index contributed by atoms with van der Waals surface area (Å²) in [5, 5.41) is 9.63. The van der Waals surface area contributed by atoms with Crippen LogP contribution in [0.2, 0.25) is 0 Å². The highest BCUT2D eigenvalue weighted by Gasteiger charge is 2.10. The molecule has 0 saturated heterocycles. The highest BCUT2D eigenvalue weighted by Crippen LogP contribution is 2.21. The van der Waals surface area contributed by atoms with E-state index in [1.165, 1.54) is 11.3 Å². The zero-order valence-electron chi connectivity index (χ0n) is 13.6. The van der Waals surface area contributed by atoms with Gasteiger partial charge in [-0.25, -0.2) is 14.6 Å². The van der Waals surface area contributed by atoms with E-state index in [2.05, 4.69) is 25.4 Å². The van der Waals surface area contributed by atoms with Crippen molar-refractivity contribution in [2.24, 2.45) is 0 Å². The summed E-state index contributed by atoms with van der Waals surface area (Å²) in [5.41, 5.74) is 2.16. The van der Waals surface area contributed by atoms with E-state index in [1.807, 2.05) is 35.8 Å². The lowest BCUT2D eigenvalue weighted by molar-refractivity contribution is -0.115. The van der Waals surface area contributed by atoms with Gasteiger partial charge in [0, 0.05) is 24.0 Å². The number of hydrogen-bond acceptors (Lipinski definition) is 6. The normalized spacial score (nSPS) is 10.6. The minimum absolute atomic E-state index is 0.142. The molecular formula is C18H14N6OS. The molecule has 1 amide bonds. The van der Waals surface area contributed by atoms with Crippen molar-refractivity contribution in [2.75, 3.05) is 5.32 Å². The second kappa shape index (κ2) is 7.24. The van der Waals surface area contributed by atoms with Gasteiger partial charge in [-0.05, 0) is 30.3 Å². The van der Waals surface area contributed by atoms with Crippen LogP contribution in [0, 0.1) is 0 Å². The number of pyridine rings is 2. The Labute approximate surface area is 153 Å². The first kappa shape index (κ1) is 16.1. The average Bonchev–Trinajstić information content (AvgIpc) is 3.35. The van der Waals surface area contributed by atoms with E-state index in [0.29, 0.717) is 17.2 Å². The highest BCUT2D eigenvalue weighted by molar-refractivity contribution is 7.13. The Bertz CT molecular complexity index is 996. The maximum Gasteiger partial charge on any atom is 0.230 e. The molecule has 0 aliphatic heterocycles. The quantitative estimate of drug-likeness (QED) is 0.590. The second-order valence-electron chi connectivity index (χ2n) is 5.44. The van der Waals surface area contributed by atoms with Crippen LogP contribution < -0.4 is 5.32 Å². The average molecular weight is 362 g/mol. The van der Waals surface area contributed by atoms with Crippen molar-refractivity contribution < 1.29 is 4.79 Å². The van der Waals surface area contributed by atoms with Crippen molar-refractivity contribution in [3.05, 3.63) is 72.3 Å². The number of amides is 1. The smallest absolute Gasteiger partial charge is 0.230 e. The van der Waals surface area contributed by atoms with Gasteiger partial charge in [0.1, 0.15) is 5.01 Å².